The molecule has 0 unspecified atom stereocenters. The Morgan fingerprint density at radius 2 is 2.21 bits per heavy atom. The molecule has 0 spiro atoms. The maximum absolute atomic E-state index is 5.82. The number of nitrogens with one attached hydrogen (secondary N) is 2. The molecule has 158 valence electrons. The van der Waals surface area contributed by atoms with Gasteiger partial charge in [-0.3, -0.25) is 0 Å². The lowest BCUT2D eigenvalue weighted by Crippen LogP contribution is -2.38. The molecule has 2 aromatic heterocycles. The summed E-state index contributed by atoms with van der Waals surface area (Å²) in [5.74, 6) is 2.26. The normalized spacial score (nSPS) is 15.4. The number of guanidine groups is 1. The Morgan fingerprint density at radius 1 is 1.31 bits per heavy atom. The first-order valence-electron chi connectivity index (χ1n) is 10.5. The zero-order valence-corrected chi connectivity index (χ0v) is 17.2. The molecule has 3 heterocycles. The lowest BCUT2D eigenvalue weighted by Gasteiger charge is -2.21. The summed E-state index contributed by atoms with van der Waals surface area (Å²) >= 11 is 0. The van der Waals surface area contributed by atoms with E-state index in [0.29, 0.717) is 12.5 Å². The number of hydrogen-bond acceptors (Lipinski definition) is 5. The highest BCUT2D eigenvalue weighted by atomic mass is 16.5. The molecule has 0 saturated carbocycles. The van der Waals surface area contributed by atoms with Crippen molar-refractivity contribution in [3.8, 4) is 5.82 Å². The van der Waals surface area contributed by atoms with Gasteiger partial charge in [0, 0.05) is 58.1 Å². The van der Waals surface area contributed by atoms with E-state index in [1.165, 1.54) is 0 Å². The van der Waals surface area contributed by atoms with Crippen LogP contribution in [-0.4, -0.2) is 60.2 Å². The molecule has 29 heavy (non-hydrogen) atoms. The fourth-order valence-electron chi connectivity index (χ4n) is 3.14. The van der Waals surface area contributed by atoms with E-state index < -0.39 is 0 Å². The van der Waals surface area contributed by atoms with Crippen molar-refractivity contribution in [2.24, 2.45) is 10.9 Å². The van der Waals surface area contributed by atoms with Crippen molar-refractivity contribution in [3.05, 3.63) is 42.4 Å². The average Bonchev–Trinajstić information content (AvgIpc) is 3.30. The molecular weight excluding hydrogens is 368 g/mol. The largest absolute Gasteiger partial charge is 0.381 e. The first-order chi connectivity index (χ1) is 14.3. The zero-order valence-electron chi connectivity index (χ0n) is 17.2. The van der Waals surface area contributed by atoms with Crippen LogP contribution in [0.5, 0.6) is 0 Å². The minimum atomic E-state index is 0.576. The lowest BCUT2D eigenvalue weighted by molar-refractivity contribution is 0.0203. The van der Waals surface area contributed by atoms with E-state index in [1.807, 2.05) is 24.4 Å². The molecular formula is C21H32N6O2. The highest BCUT2D eigenvalue weighted by Crippen LogP contribution is 2.14. The summed E-state index contributed by atoms with van der Waals surface area (Å²) in [5.41, 5.74) is 1.09. The third kappa shape index (κ3) is 7.47. The maximum atomic E-state index is 5.82. The van der Waals surface area contributed by atoms with Crippen LogP contribution in [0.1, 0.15) is 31.7 Å². The molecule has 3 rings (SSSR count). The van der Waals surface area contributed by atoms with E-state index in [2.05, 4.69) is 32.6 Å². The molecule has 0 bridgehead atoms. The smallest absolute Gasteiger partial charge is 0.191 e. The Labute approximate surface area is 172 Å². The summed E-state index contributed by atoms with van der Waals surface area (Å²) in [4.78, 5) is 9.04. The van der Waals surface area contributed by atoms with Crippen LogP contribution in [0.2, 0.25) is 0 Å². The summed E-state index contributed by atoms with van der Waals surface area (Å²) in [5, 5.41) is 10.9. The number of aromatic nitrogens is 3. The molecule has 2 N–H and O–H groups in total. The fraction of sp³-hybridized carbons (Fsp3) is 0.571. The average molecular weight is 401 g/mol. The summed E-state index contributed by atoms with van der Waals surface area (Å²) in [6.07, 6.45) is 8.60. The highest BCUT2D eigenvalue weighted by Gasteiger charge is 2.13. The van der Waals surface area contributed by atoms with E-state index in [0.717, 1.165) is 76.1 Å². The molecule has 0 radical (unpaired) electrons. The van der Waals surface area contributed by atoms with Gasteiger partial charge >= 0.3 is 0 Å². The monoisotopic (exact) mass is 400 g/mol. The summed E-state index contributed by atoms with van der Waals surface area (Å²) in [6, 6.07) is 5.86. The second kappa shape index (κ2) is 12.2. The van der Waals surface area contributed by atoms with Crippen LogP contribution in [0, 0.1) is 5.92 Å². The number of hydrogen-bond donors (Lipinski definition) is 2. The highest BCUT2D eigenvalue weighted by molar-refractivity contribution is 5.79. The quantitative estimate of drug-likeness (QED) is 0.361. The molecule has 1 aliphatic heterocycles. The second-order valence-electron chi connectivity index (χ2n) is 7.08. The Bertz CT molecular complexity index is 729. The SMILES string of the molecule is CCNC(=NCc1ccnc(-n2cccn2)c1)NCCCOCC1CCOCC1. The Kier molecular flexibility index (Phi) is 8.93. The van der Waals surface area contributed by atoms with Crippen LogP contribution >= 0.6 is 0 Å². The number of pyridine rings is 1. The van der Waals surface area contributed by atoms with Crippen LogP contribution in [0.4, 0.5) is 0 Å². The van der Waals surface area contributed by atoms with E-state index >= 15 is 0 Å². The predicted octanol–water partition coefficient (Wildman–Crippen LogP) is 2.16. The van der Waals surface area contributed by atoms with Gasteiger partial charge < -0.3 is 20.1 Å². The summed E-state index contributed by atoms with van der Waals surface area (Å²) in [7, 11) is 0. The number of rotatable bonds is 10. The molecule has 0 aliphatic carbocycles. The van der Waals surface area contributed by atoms with E-state index in [-0.39, 0.29) is 0 Å². The van der Waals surface area contributed by atoms with Crippen LogP contribution in [0.25, 0.3) is 5.82 Å². The molecule has 8 heteroatoms. The summed E-state index contributed by atoms with van der Waals surface area (Å²) < 4.78 is 12.9. The topological polar surface area (TPSA) is 85.6 Å². The van der Waals surface area contributed by atoms with Gasteiger partial charge in [-0.05, 0) is 55.9 Å². The van der Waals surface area contributed by atoms with Gasteiger partial charge in [0.05, 0.1) is 6.54 Å². The van der Waals surface area contributed by atoms with Crippen LogP contribution in [-0.2, 0) is 16.0 Å². The van der Waals surface area contributed by atoms with Gasteiger partial charge in [-0.1, -0.05) is 0 Å². The van der Waals surface area contributed by atoms with Gasteiger partial charge in [-0.15, -0.1) is 0 Å². The van der Waals surface area contributed by atoms with Crippen LogP contribution < -0.4 is 10.6 Å². The van der Waals surface area contributed by atoms with Crippen molar-refractivity contribution in [1.29, 1.82) is 0 Å². The van der Waals surface area contributed by atoms with Gasteiger partial charge in [0.15, 0.2) is 11.8 Å². The minimum absolute atomic E-state index is 0.576. The Hall–Kier alpha value is -2.45. The summed E-state index contributed by atoms with van der Waals surface area (Å²) in [6.45, 7) is 7.65. The van der Waals surface area contributed by atoms with Crippen LogP contribution in [0.3, 0.4) is 0 Å². The number of aliphatic imine (C=N–C) groups is 1. The fourth-order valence-corrected chi connectivity index (χ4v) is 3.14. The van der Waals surface area contributed by atoms with Crippen molar-refractivity contribution in [1.82, 2.24) is 25.4 Å². The van der Waals surface area contributed by atoms with Gasteiger partial charge in [0.2, 0.25) is 0 Å². The van der Waals surface area contributed by atoms with E-state index in [4.69, 9.17) is 9.47 Å². The Morgan fingerprint density at radius 3 is 3.00 bits per heavy atom. The maximum Gasteiger partial charge on any atom is 0.191 e. The van der Waals surface area contributed by atoms with E-state index in [9.17, 15) is 0 Å². The van der Waals surface area contributed by atoms with Crippen molar-refractivity contribution < 1.29 is 9.47 Å². The van der Waals surface area contributed by atoms with Crippen molar-refractivity contribution >= 4 is 5.96 Å². The van der Waals surface area contributed by atoms with Gasteiger partial charge in [0.1, 0.15) is 0 Å². The molecule has 2 aromatic rings. The third-order valence-corrected chi connectivity index (χ3v) is 4.77. The van der Waals surface area contributed by atoms with Crippen molar-refractivity contribution in [2.45, 2.75) is 32.7 Å². The predicted molar refractivity (Wildman–Crippen MR) is 113 cm³/mol. The van der Waals surface area contributed by atoms with Gasteiger partial charge in [-0.2, -0.15) is 5.10 Å². The molecule has 8 nitrogen and oxygen atoms in total. The molecule has 1 saturated heterocycles. The van der Waals surface area contributed by atoms with Crippen molar-refractivity contribution in [2.75, 3.05) is 39.5 Å². The second-order valence-corrected chi connectivity index (χ2v) is 7.08. The first-order valence-corrected chi connectivity index (χ1v) is 10.5. The first kappa shape index (κ1) is 21.3. The molecule has 0 aromatic carbocycles. The van der Waals surface area contributed by atoms with Crippen LogP contribution in [0.15, 0.2) is 41.8 Å². The molecule has 0 amide bonds. The third-order valence-electron chi connectivity index (χ3n) is 4.77. The Balaban J connectivity index is 1.39. The van der Waals surface area contributed by atoms with E-state index in [1.54, 1.807) is 17.1 Å². The lowest BCUT2D eigenvalue weighted by atomic mass is 10.0. The minimum Gasteiger partial charge on any atom is -0.381 e. The van der Waals surface area contributed by atoms with Gasteiger partial charge in [0.25, 0.3) is 0 Å². The zero-order chi connectivity index (χ0) is 20.2. The van der Waals surface area contributed by atoms with Gasteiger partial charge in [-0.25, -0.2) is 14.7 Å². The van der Waals surface area contributed by atoms with Crippen molar-refractivity contribution in [3.63, 3.8) is 0 Å². The molecule has 1 aliphatic rings. The number of nitrogens with zero attached hydrogens (tertiary/aromatic N) is 4. The number of ether oxygens (including phenoxy) is 2. The molecule has 0 atom stereocenters. The molecule has 1 fully saturated rings. The standard InChI is InChI=1S/C21H32N6O2/c1-2-22-21(24-8-4-12-29-17-18-6-13-28-14-7-18)25-16-19-5-10-23-20(15-19)27-11-3-9-26-27/h3,5,9-11,15,18H,2,4,6-8,12-14,16-17H2,1H3,(H2,22,24,25).